The summed E-state index contributed by atoms with van der Waals surface area (Å²) in [6.45, 7) is 3.91. The average molecular weight is 316 g/mol. The van der Waals surface area contributed by atoms with Crippen molar-refractivity contribution in [2.24, 2.45) is 7.05 Å². The fourth-order valence-electron chi connectivity index (χ4n) is 2.41. The molecule has 6 nitrogen and oxygen atoms in total. The maximum Gasteiger partial charge on any atom is 0.315 e. The Morgan fingerprint density at radius 1 is 1.35 bits per heavy atom. The predicted molar refractivity (Wildman–Crippen MR) is 89.5 cm³/mol. The van der Waals surface area contributed by atoms with E-state index in [4.69, 9.17) is 4.74 Å². The zero-order valence-corrected chi connectivity index (χ0v) is 14.0. The molecular formula is C17H24N4O2. The largest absolute Gasteiger partial charge is 0.497 e. The molecule has 2 N–H and O–H groups in total. The number of hydrogen-bond donors (Lipinski definition) is 2. The van der Waals surface area contributed by atoms with Gasteiger partial charge in [0, 0.05) is 24.8 Å². The molecular weight excluding hydrogens is 292 g/mol. The van der Waals surface area contributed by atoms with E-state index in [1.807, 2.05) is 51.4 Å². The number of carbonyl (C=O) groups is 1. The molecule has 2 atom stereocenters. The number of nitrogens with one attached hydrogen (secondary N) is 2. The molecule has 1 aromatic carbocycles. The van der Waals surface area contributed by atoms with Crippen molar-refractivity contribution in [3.05, 3.63) is 47.8 Å². The Morgan fingerprint density at radius 3 is 2.78 bits per heavy atom. The SMILES string of the molecule is COc1cccc(C[C@H](C)NC(=O)N[C@H](C)c2cnn(C)c2)c1. The normalized spacial score (nSPS) is 13.2. The number of rotatable bonds is 6. The molecule has 0 saturated carbocycles. The fraction of sp³-hybridized carbons (Fsp3) is 0.412. The monoisotopic (exact) mass is 316 g/mol. The van der Waals surface area contributed by atoms with Crippen molar-refractivity contribution in [1.29, 1.82) is 0 Å². The van der Waals surface area contributed by atoms with Crippen LogP contribution in [0.15, 0.2) is 36.7 Å². The number of hydrogen-bond acceptors (Lipinski definition) is 3. The van der Waals surface area contributed by atoms with E-state index in [2.05, 4.69) is 15.7 Å². The van der Waals surface area contributed by atoms with Gasteiger partial charge in [-0.15, -0.1) is 0 Å². The smallest absolute Gasteiger partial charge is 0.315 e. The lowest BCUT2D eigenvalue weighted by molar-refractivity contribution is 0.234. The molecule has 2 aromatic rings. The van der Waals surface area contributed by atoms with Gasteiger partial charge in [-0.3, -0.25) is 4.68 Å². The number of ether oxygens (including phenoxy) is 1. The predicted octanol–water partition coefficient (Wildman–Crippen LogP) is 2.42. The van der Waals surface area contributed by atoms with Gasteiger partial charge in [-0.1, -0.05) is 12.1 Å². The fourth-order valence-corrected chi connectivity index (χ4v) is 2.41. The van der Waals surface area contributed by atoms with Gasteiger partial charge in [0.1, 0.15) is 5.75 Å². The van der Waals surface area contributed by atoms with Crippen molar-refractivity contribution < 1.29 is 9.53 Å². The Hall–Kier alpha value is -2.50. The molecule has 0 aliphatic rings. The zero-order chi connectivity index (χ0) is 16.8. The van der Waals surface area contributed by atoms with Crippen molar-refractivity contribution in [2.45, 2.75) is 32.4 Å². The van der Waals surface area contributed by atoms with Gasteiger partial charge in [0.2, 0.25) is 0 Å². The molecule has 124 valence electrons. The van der Waals surface area contributed by atoms with Crippen molar-refractivity contribution in [3.63, 3.8) is 0 Å². The second-order valence-corrected chi connectivity index (χ2v) is 5.74. The van der Waals surface area contributed by atoms with E-state index in [0.717, 1.165) is 23.3 Å². The topological polar surface area (TPSA) is 68.2 Å². The number of aryl methyl sites for hydroxylation is 1. The van der Waals surface area contributed by atoms with Gasteiger partial charge in [0.15, 0.2) is 0 Å². The van der Waals surface area contributed by atoms with Crippen molar-refractivity contribution >= 4 is 6.03 Å². The third-order valence-electron chi connectivity index (χ3n) is 3.63. The van der Waals surface area contributed by atoms with Crippen LogP contribution in [0.25, 0.3) is 0 Å². The Bertz CT molecular complexity index is 654. The minimum Gasteiger partial charge on any atom is -0.497 e. The van der Waals surface area contributed by atoms with Crippen LogP contribution < -0.4 is 15.4 Å². The summed E-state index contributed by atoms with van der Waals surface area (Å²) in [6.07, 6.45) is 4.39. The maximum absolute atomic E-state index is 12.1. The third-order valence-corrected chi connectivity index (χ3v) is 3.63. The summed E-state index contributed by atoms with van der Waals surface area (Å²) < 4.78 is 6.93. The van der Waals surface area contributed by atoms with Crippen LogP contribution in [0, 0.1) is 0 Å². The number of benzene rings is 1. The number of aromatic nitrogens is 2. The number of carbonyl (C=O) groups excluding carboxylic acids is 1. The van der Waals surface area contributed by atoms with Gasteiger partial charge < -0.3 is 15.4 Å². The van der Waals surface area contributed by atoms with E-state index in [-0.39, 0.29) is 18.1 Å². The first kappa shape index (κ1) is 16.9. The molecule has 0 bridgehead atoms. The Kier molecular flexibility index (Phi) is 5.62. The number of urea groups is 1. The molecule has 23 heavy (non-hydrogen) atoms. The van der Waals surface area contributed by atoms with Crippen LogP contribution in [-0.4, -0.2) is 29.0 Å². The van der Waals surface area contributed by atoms with Gasteiger partial charge >= 0.3 is 6.03 Å². The summed E-state index contributed by atoms with van der Waals surface area (Å²) in [7, 11) is 3.50. The summed E-state index contributed by atoms with van der Waals surface area (Å²) in [4.78, 5) is 12.1. The standard InChI is InChI=1S/C17H24N4O2/c1-12(8-14-6-5-7-16(9-14)23-4)19-17(22)20-13(2)15-10-18-21(3)11-15/h5-7,9-13H,8H2,1-4H3,(H2,19,20,22)/t12-,13+/m0/s1. The van der Waals surface area contributed by atoms with E-state index in [9.17, 15) is 4.79 Å². The highest BCUT2D eigenvalue weighted by atomic mass is 16.5. The lowest BCUT2D eigenvalue weighted by Crippen LogP contribution is -2.42. The molecule has 0 saturated heterocycles. The maximum atomic E-state index is 12.1. The molecule has 2 rings (SSSR count). The summed E-state index contributed by atoms with van der Waals surface area (Å²) in [5.41, 5.74) is 2.10. The van der Waals surface area contributed by atoms with Crippen LogP contribution in [-0.2, 0) is 13.5 Å². The molecule has 0 unspecified atom stereocenters. The number of amides is 2. The first-order valence-corrected chi connectivity index (χ1v) is 7.66. The van der Waals surface area contributed by atoms with E-state index in [1.165, 1.54) is 0 Å². The molecule has 2 amide bonds. The highest BCUT2D eigenvalue weighted by molar-refractivity contribution is 5.74. The van der Waals surface area contributed by atoms with E-state index < -0.39 is 0 Å². The van der Waals surface area contributed by atoms with E-state index in [0.29, 0.717) is 0 Å². The van der Waals surface area contributed by atoms with E-state index in [1.54, 1.807) is 18.0 Å². The molecule has 1 heterocycles. The highest BCUT2D eigenvalue weighted by Gasteiger charge is 2.13. The van der Waals surface area contributed by atoms with Crippen molar-refractivity contribution in [3.8, 4) is 5.75 Å². The first-order chi connectivity index (χ1) is 11.0. The summed E-state index contributed by atoms with van der Waals surface area (Å²) >= 11 is 0. The van der Waals surface area contributed by atoms with Gasteiger partial charge in [-0.2, -0.15) is 5.10 Å². The number of nitrogens with zero attached hydrogens (tertiary/aromatic N) is 2. The number of methoxy groups -OCH3 is 1. The second kappa shape index (κ2) is 7.67. The summed E-state index contributed by atoms with van der Waals surface area (Å²) in [5, 5.41) is 9.99. The van der Waals surface area contributed by atoms with Crippen LogP contribution in [0.5, 0.6) is 5.75 Å². The van der Waals surface area contributed by atoms with Gasteiger partial charge in [0.25, 0.3) is 0 Å². The molecule has 6 heteroatoms. The molecule has 0 spiro atoms. The van der Waals surface area contributed by atoms with Crippen LogP contribution in [0.2, 0.25) is 0 Å². The van der Waals surface area contributed by atoms with Crippen molar-refractivity contribution in [1.82, 2.24) is 20.4 Å². The van der Waals surface area contributed by atoms with Crippen LogP contribution >= 0.6 is 0 Å². The quantitative estimate of drug-likeness (QED) is 0.860. The van der Waals surface area contributed by atoms with Crippen LogP contribution in [0.4, 0.5) is 4.79 Å². The van der Waals surface area contributed by atoms with Gasteiger partial charge in [-0.25, -0.2) is 4.79 Å². The second-order valence-electron chi connectivity index (χ2n) is 5.74. The lowest BCUT2D eigenvalue weighted by Gasteiger charge is -2.18. The molecule has 0 aliphatic carbocycles. The van der Waals surface area contributed by atoms with Crippen molar-refractivity contribution in [2.75, 3.05) is 7.11 Å². The Morgan fingerprint density at radius 2 is 2.13 bits per heavy atom. The van der Waals surface area contributed by atoms with Crippen LogP contribution in [0.3, 0.4) is 0 Å². The minimum atomic E-state index is -0.184. The van der Waals surface area contributed by atoms with Gasteiger partial charge in [0.05, 0.1) is 19.3 Å². The summed E-state index contributed by atoms with van der Waals surface area (Å²) in [6, 6.07) is 7.60. The first-order valence-electron chi connectivity index (χ1n) is 7.66. The molecule has 0 aliphatic heterocycles. The van der Waals surface area contributed by atoms with E-state index >= 15 is 0 Å². The Balaban J connectivity index is 1.84. The average Bonchev–Trinajstić information content (AvgIpc) is 2.93. The molecule has 0 radical (unpaired) electrons. The molecule has 1 aromatic heterocycles. The van der Waals surface area contributed by atoms with Crippen LogP contribution in [0.1, 0.15) is 31.0 Å². The molecule has 0 fully saturated rings. The lowest BCUT2D eigenvalue weighted by atomic mass is 10.1. The third kappa shape index (κ3) is 5.02. The summed E-state index contributed by atoms with van der Waals surface area (Å²) in [5.74, 6) is 0.823. The van der Waals surface area contributed by atoms with Gasteiger partial charge in [-0.05, 0) is 38.0 Å². The highest BCUT2D eigenvalue weighted by Crippen LogP contribution is 2.14. The minimum absolute atomic E-state index is 0.0169. The zero-order valence-electron chi connectivity index (χ0n) is 14.0. The Labute approximate surface area is 136 Å².